The molecule has 0 bridgehead atoms. The highest BCUT2D eigenvalue weighted by molar-refractivity contribution is 7.13. The molecule has 0 aliphatic carbocycles. The number of rotatable bonds is 20. The van der Waals surface area contributed by atoms with Gasteiger partial charge in [0.15, 0.2) is 0 Å². The number of aliphatic hydroxyl groups is 1. The normalized spacial score (nSPS) is 15.9. The van der Waals surface area contributed by atoms with Crippen molar-refractivity contribution in [1.29, 1.82) is 0 Å². The Hall–Kier alpha value is -6.11. The van der Waals surface area contributed by atoms with Crippen LogP contribution in [-0.4, -0.2) is 125 Å². The summed E-state index contributed by atoms with van der Waals surface area (Å²) in [5.41, 5.74) is 8.37. The number of β-amino-alcohol motifs (C(OH)–C–C–N with tert-alkyl or cyclic N) is 1. The van der Waals surface area contributed by atoms with Crippen LogP contribution in [0.3, 0.4) is 0 Å². The van der Waals surface area contributed by atoms with Crippen molar-refractivity contribution in [1.82, 2.24) is 34.9 Å². The molecule has 3 atom stereocenters. The number of ether oxygens (including phenoxy) is 2. The van der Waals surface area contributed by atoms with Crippen molar-refractivity contribution in [3.05, 3.63) is 86.4 Å². The Labute approximate surface area is 421 Å². The fraction of sp³-hybridized carbons (Fsp3) is 0.528. The molecule has 17 nitrogen and oxygen atoms in total. The molecule has 2 aliphatic rings. The van der Waals surface area contributed by atoms with Crippen molar-refractivity contribution in [3.63, 3.8) is 0 Å². The Bertz CT molecular complexity index is 2510. The zero-order valence-corrected chi connectivity index (χ0v) is 43.7. The van der Waals surface area contributed by atoms with E-state index < -0.39 is 23.5 Å². The molecule has 0 unspecified atom stereocenters. The Balaban J connectivity index is 0.00000305. The lowest BCUT2D eigenvalue weighted by Gasteiger charge is -2.34. The first-order chi connectivity index (χ1) is 33.8. The summed E-state index contributed by atoms with van der Waals surface area (Å²) in [4.78, 5) is 86.7. The molecule has 2 aliphatic heterocycles. The Morgan fingerprint density at radius 1 is 0.972 bits per heavy atom. The van der Waals surface area contributed by atoms with Gasteiger partial charge in [-0.05, 0) is 80.1 Å². The number of aliphatic hydroxyl groups excluding tert-OH is 1. The van der Waals surface area contributed by atoms with Gasteiger partial charge in [-0.1, -0.05) is 64.3 Å². The van der Waals surface area contributed by atoms with Crippen LogP contribution in [0.2, 0.25) is 0 Å². The third-order valence-corrected chi connectivity index (χ3v) is 14.2. The summed E-state index contributed by atoms with van der Waals surface area (Å²) in [6.45, 7) is 9.69. The highest BCUT2D eigenvalue weighted by Gasteiger charge is 2.44. The van der Waals surface area contributed by atoms with Gasteiger partial charge in [-0.3, -0.25) is 24.0 Å². The van der Waals surface area contributed by atoms with Crippen LogP contribution in [-0.2, 0) is 52.3 Å². The molecule has 0 radical (unpaired) electrons. The number of likely N-dealkylation sites (tertiary alicyclic amines) is 1. The number of carboxylic acid groups (broad SMARTS) is 1. The first-order valence-corrected chi connectivity index (χ1v) is 25.2. The molecule has 6 rings (SSSR count). The van der Waals surface area contributed by atoms with Gasteiger partial charge in [0.25, 0.3) is 12.0 Å². The first kappa shape index (κ1) is 55.8. The van der Waals surface area contributed by atoms with Crippen molar-refractivity contribution in [2.45, 2.75) is 117 Å². The number of thiazole rings is 1. The van der Waals surface area contributed by atoms with E-state index in [0.717, 1.165) is 69.6 Å². The van der Waals surface area contributed by atoms with Gasteiger partial charge in [0.1, 0.15) is 23.3 Å². The number of carbonyl (C=O) groups excluding carboxylic acids is 4. The van der Waals surface area contributed by atoms with E-state index in [0.29, 0.717) is 56.0 Å². The summed E-state index contributed by atoms with van der Waals surface area (Å²) in [6, 6.07) is 10.9. The molecular formula is C53H73N7O10S. The van der Waals surface area contributed by atoms with E-state index in [-0.39, 0.29) is 68.1 Å². The maximum atomic E-state index is 14.1. The molecule has 0 saturated carbocycles. The largest absolute Gasteiger partial charge is 0.496 e. The minimum atomic E-state index is -0.827. The van der Waals surface area contributed by atoms with Crippen LogP contribution in [0.4, 0.5) is 4.79 Å². The van der Waals surface area contributed by atoms with Crippen LogP contribution in [0.1, 0.15) is 100 Å². The molecule has 18 heteroatoms. The van der Waals surface area contributed by atoms with Gasteiger partial charge in [0, 0.05) is 82.3 Å². The number of aromatic nitrogens is 2. The van der Waals surface area contributed by atoms with Crippen LogP contribution in [0, 0.1) is 18.3 Å². The lowest BCUT2D eigenvalue weighted by atomic mass is 9.76. The molecular weight excluding hydrogens is 927 g/mol. The number of aryl methyl sites for hydroxylation is 2. The van der Waals surface area contributed by atoms with Gasteiger partial charge in [-0.2, -0.15) is 0 Å². The molecule has 4 aromatic rings. The maximum absolute atomic E-state index is 14.1. The third-order valence-electron chi connectivity index (χ3n) is 13.2. The number of benzene rings is 2. The van der Waals surface area contributed by atoms with Crippen LogP contribution >= 0.6 is 11.3 Å². The van der Waals surface area contributed by atoms with Gasteiger partial charge in [-0.15, -0.1) is 11.3 Å². The number of ketones is 1. The van der Waals surface area contributed by atoms with E-state index in [4.69, 9.17) is 19.4 Å². The average molecular weight is 1000 g/mol. The Morgan fingerprint density at radius 2 is 1.62 bits per heavy atom. The zero-order valence-electron chi connectivity index (χ0n) is 42.8. The van der Waals surface area contributed by atoms with E-state index >= 15 is 0 Å². The maximum Gasteiger partial charge on any atom is 0.317 e. The SMILES string of the molecule is COc1cc(-c2cn(C)c(=O)c3c2CCN(C(=O)NCCCCCCCC(=O)C[C@H](C(=O)N2C[C@H](O)C[C@H]2C(=O)NCc2ccc(-c4scnc4C)cc2)C(C)(C)C)C3)cc(OC)c1CN(C)C.O=CO. The van der Waals surface area contributed by atoms with Crippen LogP contribution in [0.25, 0.3) is 21.6 Å². The van der Waals surface area contributed by atoms with Gasteiger partial charge >= 0.3 is 6.03 Å². The smallest absolute Gasteiger partial charge is 0.317 e. The number of hydrogen-bond acceptors (Lipinski definition) is 12. The predicted octanol–water partition coefficient (Wildman–Crippen LogP) is 6.57. The second kappa shape index (κ2) is 25.8. The first-order valence-electron chi connectivity index (χ1n) is 24.3. The topological polar surface area (TPSA) is 213 Å². The van der Waals surface area contributed by atoms with Gasteiger partial charge < -0.3 is 49.6 Å². The van der Waals surface area contributed by atoms with E-state index in [2.05, 4.69) is 15.6 Å². The number of carbonyl (C=O) groups is 5. The van der Waals surface area contributed by atoms with Crippen molar-refractivity contribution in [2.24, 2.45) is 18.4 Å². The molecule has 1 saturated heterocycles. The summed E-state index contributed by atoms with van der Waals surface area (Å²) < 4.78 is 13.1. The monoisotopic (exact) mass is 1000 g/mol. The molecule has 386 valence electrons. The van der Waals surface area contributed by atoms with Gasteiger partial charge in [0.2, 0.25) is 11.8 Å². The number of hydrogen-bond donors (Lipinski definition) is 4. The molecule has 2 aromatic carbocycles. The molecule has 1 fully saturated rings. The number of nitrogens with one attached hydrogen (secondary N) is 2. The molecule has 71 heavy (non-hydrogen) atoms. The number of nitrogens with zero attached hydrogens (tertiary/aromatic N) is 5. The van der Waals surface area contributed by atoms with Gasteiger partial charge in [0.05, 0.1) is 48.5 Å². The van der Waals surface area contributed by atoms with E-state index in [1.807, 2.05) is 94.8 Å². The lowest BCUT2D eigenvalue weighted by molar-refractivity contribution is -0.146. The fourth-order valence-corrected chi connectivity index (χ4v) is 10.2. The van der Waals surface area contributed by atoms with E-state index in [1.54, 1.807) is 42.1 Å². The quantitative estimate of drug-likeness (QED) is 0.0547. The number of pyridine rings is 1. The van der Waals surface area contributed by atoms with Crippen molar-refractivity contribution in [3.8, 4) is 33.1 Å². The van der Waals surface area contributed by atoms with Crippen LogP contribution < -0.4 is 25.7 Å². The second-order valence-corrected chi connectivity index (χ2v) is 20.6. The van der Waals surface area contributed by atoms with Crippen molar-refractivity contribution < 1.29 is 43.7 Å². The minimum Gasteiger partial charge on any atom is -0.496 e. The van der Waals surface area contributed by atoms with Crippen LogP contribution in [0.5, 0.6) is 11.5 Å². The number of Topliss-reactive ketones (excluding diaryl/α,β-unsaturated/α-hetero) is 1. The average Bonchev–Trinajstić information content (AvgIpc) is 3.96. The number of urea groups is 1. The molecule has 2 aromatic heterocycles. The fourth-order valence-electron chi connectivity index (χ4n) is 9.38. The standard InChI is InChI=1S/C52H71N7O8S.CH2O2/c1-33-47(68-32-55-33)35-18-16-34(17-19-35)27-54-48(62)44-26-38(61)28-59(44)50(64)43(52(2,3)4)25-37(60)15-13-11-10-12-14-21-53-51(65)58-22-20-39-40(30-57(7)49(63)41(39)31-58)36-23-45(66-8)42(29-56(5)6)46(24-36)67-9;2-1-3/h16-19,23-24,30,32,38,43-44,61H,10-15,20-22,25-29,31H2,1-9H3,(H,53,65)(H,54,62);1H,(H,2,3)/t38-,43-,44+;/m1./s1. The third kappa shape index (κ3) is 14.7. The minimum absolute atomic E-state index is 0.00526. The highest BCUT2D eigenvalue weighted by Crippen LogP contribution is 2.39. The number of unbranched alkanes of at least 4 members (excludes halogenated alkanes) is 4. The molecule has 4 heterocycles. The van der Waals surface area contributed by atoms with E-state index in [1.165, 1.54) is 4.90 Å². The summed E-state index contributed by atoms with van der Waals surface area (Å²) >= 11 is 1.58. The molecule has 4 N–H and O–H groups in total. The van der Waals surface area contributed by atoms with Crippen LogP contribution in [0.15, 0.2) is 52.9 Å². The number of methoxy groups -OCH3 is 2. The summed E-state index contributed by atoms with van der Waals surface area (Å²) in [7, 11) is 8.98. The summed E-state index contributed by atoms with van der Waals surface area (Å²) in [6.07, 6.45) is 6.21. The Kier molecular flexibility index (Phi) is 20.3. The number of amides is 4. The van der Waals surface area contributed by atoms with E-state index in [9.17, 15) is 29.1 Å². The zero-order chi connectivity index (χ0) is 52.0. The van der Waals surface area contributed by atoms with Crippen molar-refractivity contribution in [2.75, 3.05) is 47.9 Å². The lowest BCUT2D eigenvalue weighted by Crippen LogP contribution is -2.50. The molecule has 0 spiro atoms. The van der Waals surface area contributed by atoms with Crippen molar-refractivity contribution >= 4 is 41.4 Å². The second-order valence-electron chi connectivity index (χ2n) is 19.8. The Morgan fingerprint density at radius 3 is 2.23 bits per heavy atom. The summed E-state index contributed by atoms with van der Waals surface area (Å²) in [5.74, 6) is 0.171. The predicted molar refractivity (Wildman–Crippen MR) is 274 cm³/mol. The highest BCUT2D eigenvalue weighted by atomic mass is 32.1. The summed E-state index contributed by atoms with van der Waals surface area (Å²) in [5, 5.41) is 23.5. The number of fused-ring (bicyclic) bond motifs is 1. The van der Waals surface area contributed by atoms with Gasteiger partial charge in [-0.25, -0.2) is 9.78 Å². The molecule has 4 amide bonds.